The van der Waals surface area contributed by atoms with Crippen molar-refractivity contribution in [3.8, 4) is 11.4 Å². The van der Waals surface area contributed by atoms with Crippen molar-refractivity contribution in [3.63, 3.8) is 0 Å². The Labute approximate surface area is 104 Å². The van der Waals surface area contributed by atoms with Gasteiger partial charge in [0.05, 0.1) is 12.0 Å². The van der Waals surface area contributed by atoms with Crippen LogP contribution in [0.1, 0.15) is 32.1 Å². The van der Waals surface area contributed by atoms with Crippen molar-refractivity contribution in [2.75, 3.05) is 0 Å². The lowest BCUT2D eigenvalue weighted by Crippen LogP contribution is -2.14. The first-order valence-corrected chi connectivity index (χ1v) is 5.89. The molecule has 2 rings (SSSR count). The molecule has 1 aromatic carbocycles. The number of rotatable bonds is 4. The molecule has 1 aromatic heterocycles. The molecular weight excluding hydrogens is 235 g/mol. The van der Waals surface area contributed by atoms with Crippen LogP contribution in [0.5, 0.6) is 0 Å². The average molecular weight is 250 g/mol. The fraction of sp³-hybridized carbons (Fsp3) is 0.385. The quantitative estimate of drug-likeness (QED) is 0.906. The Morgan fingerprint density at radius 3 is 2.89 bits per heavy atom. The minimum absolute atomic E-state index is 0.232. The number of aliphatic hydroxyl groups is 1. The lowest BCUT2D eigenvalue weighted by Gasteiger charge is -2.11. The first-order valence-electron chi connectivity index (χ1n) is 5.89. The van der Waals surface area contributed by atoms with Gasteiger partial charge in [0, 0.05) is 5.56 Å². The van der Waals surface area contributed by atoms with E-state index in [1.165, 1.54) is 12.1 Å². The summed E-state index contributed by atoms with van der Waals surface area (Å²) >= 11 is 0. The number of hydrogen-bond acceptors (Lipinski definition) is 4. The molecule has 0 saturated carbocycles. The van der Waals surface area contributed by atoms with Crippen LogP contribution < -0.4 is 0 Å². The largest absolute Gasteiger partial charge is 0.392 e. The molecule has 2 unspecified atom stereocenters. The molecule has 0 aliphatic carbocycles. The molecule has 0 radical (unpaired) electrons. The number of halogens is 1. The molecule has 0 fully saturated rings. The van der Waals surface area contributed by atoms with Crippen LogP contribution in [-0.2, 0) is 0 Å². The van der Waals surface area contributed by atoms with Crippen molar-refractivity contribution in [1.82, 2.24) is 10.1 Å². The lowest BCUT2D eigenvalue weighted by atomic mass is 10.0. The van der Waals surface area contributed by atoms with Crippen molar-refractivity contribution >= 4 is 0 Å². The molecule has 0 saturated heterocycles. The maximum Gasteiger partial charge on any atom is 0.232 e. The summed E-state index contributed by atoms with van der Waals surface area (Å²) in [7, 11) is 0. The molecule has 0 spiro atoms. The fourth-order valence-electron chi connectivity index (χ4n) is 1.68. The van der Waals surface area contributed by atoms with Gasteiger partial charge >= 0.3 is 0 Å². The van der Waals surface area contributed by atoms with Gasteiger partial charge in [-0.05, 0) is 18.6 Å². The second kappa shape index (κ2) is 5.27. The van der Waals surface area contributed by atoms with Gasteiger partial charge in [0.25, 0.3) is 0 Å². The molecule has 0 bridgehead atoms. The Hall–Kier alpha value is -1.75. The molecule has 0 amide bonds. The van der Waals surface area contributed by atoms with Crippen molar-refractivity contribution in [2.45, 2.75) is 32.3 Å². The third-order valence-corrected chi connectivity index (χ3v) is 2.91. The van der Waals surface area contributed by atoms with E-state index in [2.05, 4.69) is 10.1 Å². The summed E-state index contributed by atoms with van der Waals surface area (Å²) in [5.41, 5.74) is 0.559. The molecule has 2 aromatic rings. The van der Waals surface area contributed by atoms with Gasteiger partial charge in [-0.1, -0.05) is 31.1 Å². The molecule has 1 heterocycles. The zero-order valence-electron chi connectivity index (χ0n) is 10.3. The Kier molecular flexibility index (Phi) is 3.72. The monoisotopic (exact) mass is 250 g/mol. The Balaban J connectivity index is 2.25. The molecule has 0 aliphatic rings. The summed E-state index contributed by atoms with van der Waals surface area (Å²) in [5.74, 6) is 0.119. The van der Waals surface area contributed by atoms with Crippen LogP contribution in [0, 0.1) is 5.82 Å². The molecule has 4 nitrogen and oxygen atoms in total. The third-order valence-electron chi connectivity index (χ3n) is 2.91. The summed E-state index contributed by atoms with van der Waals surface area (Å²) in [6, 6.07) is 5.99. The first-order chi connectivity index (χ1) is 8.61. The predicted octanol–water partition coefficient (Wildman–Crippen LogP) is 2.75. The van der Waals surface area contributed by atoms with Crippen LogP contribution >= 0.6 is 0 Å². The molecule has 1 N–H and O–H groups in total. The third kappa shape index (κ3) is 2.56. The van der Waals surface area contributed by atoms with Crippen LogP contribution in [-0.4, -0.2) is 21.4 Å². The van der Waals surface area contributed by atoms with E-state index in [0.717, 1.165) is 0 Å². The average Bonchev–Trinajstić information content (AvgIpc) is 2.86. The summed E-state index contributed by atoms with van der Waals surface area (Å²) in [6.45, 7) is 3.70. The van der Waals surface area contributed by atoms with E-state index in [1.807, 2.05) is 13.8 Å². The zero-order chi connectivity index (χ0) is 13.1. The van der Waals surface area contributed by atoms with Crippen LogP contribution in [0.3, 0.4) is 0 Å². The standard InChI is InChI=1S/C13H15FN2O2/c1-3-11(17)8(2)13-15-12(16-18-13)9-5-4-6-10(14)7-9/h4-8,11,17H,3H2,1-2H3. The number of nitrogens with zero attached hydrogens (tertiary/aromatic N) is 2. The molecule has 0 aliphatic heterocycles. The van der Waals surface area contributed by atoms with Crippen LogP contribution in [0.4, 0.5) is 4.39 Å². The lowest BCUT2D eigenvalue weighted by molar-refractivity contribution is 0.129. The highest BCUT2D eigenvalue weighted by Crippen LogP contribution is 2.23. The highest BCUT2D eigenvalue weighted by atomic mass is 19.1. The summed E-state index contributed by atoms with van der Waals surface area (Å²) in [6.07, 6.45) is 0.0876. The van der Waals surface area contributed by atoms with Gasteiger partial charge in [-0.15, -0.1) is 0 Å². The summed E-state index contributed by atoms with van der Waals surface area (Å²) in [5, 5.41) is 13.5. The highest BCUT2D eigenvalue weighted by Gasteiger charge is 2.21. The van der Waals surface area contributed by atoms with Gasteiger partial charge in [-0.2, -0.15) is 4.98 Å². The Morgan fingerprint density at radius 1 is 1.44 bits per heavy atom. The Morgan fingerprint density at radius 2 is 2.22 bits per heavy atom. The van der Waals surface area contributed by atoms with Gasteiger partial charge < -0.3 is 9.63 Å². The number of aliphatic hydroxyl groups excluding tert-OH is 1. The topological polar surface area (TPSA) is 59.2 Å². The van der Waals surface area contributed by atoms with Crippen molar-refractivity contribution in [2.24, 2.45) is 0 Å². The predicted molar refractivity (Wildman–Crippen MR) is 64.4 cm³/mol. The second-order valence-corrected chi connectivity index (χ2v) is 4.23. The van der Waals surface area contributed by atoms with E-state index in [4.69, 9.17) is 4.52 Å². The van der Waals surface area contributed by atoms with Crippen LogP contribution in [0.25, 0.3) is 11.4 Å². The van der Waals surface area contributed by atoms with Gasteiger partial charge in [0.1, 0.15) is 5.82 Å². The SMILES string of the molecule is CCC(O)C(C)c1nc(-c2cccc(F)c2)no1. The van der Waals surface area contributed by atoms with Gasteiger partial charge in [-0.3, -0.25) is 0 Å². The number of hydrogen-bond donors (Lipinski definition) is 1. The van der Waals surface area contributed by atoms with Crippen molar-refractivity contribution in [3.05, 3.63) is 36.0 Å². The van der Waals surface area contributed by atoms with Gasteiger partial charge in [-0.25, -0.2) is 4.39 Å². The fourth-order valence-corrected chi connectivity index (χ4v) is 1.68. The van der Waals surface area contributed by atoms with Crippen LogP contribution in [0.15, 0.2) is 28.8 Å². The minimum Gasteiger partial charge on any atom is -0.392 e. The van der Waals surface area contributed by atoms with E-state index in [1.54, 1.807) is 12.1 Å². The van der Waals surface area contributed by atoms with Gasteiger partial charge in [0.15, 0.2) is 0 Å². The van der Waals surface area contributed by atoms with Crippen molar-refractivity contribution < 1.29 is 14.0 Å². The maximum atomic E-state index is 13.1. The first kappa shape index (κ1) is 12.7. The van der Waals surface area contributed by atoms with E-state index >= 15 is 0 Å². The Bertz CT molecular complexity index is 527. The molecule has 2 atom stereocenters. The summed E-state index contributed by atoms with van der Waals surface area (Å²) < 4.78 is 18.2. The van der Waals surface area contributed by atoms with E-state index in [9.17, 15) is 9.50 Å². The summed E-state index contributed by atoms with van der Waals surface area (Å²) in [4.78, 5) is 4.19. The number of aromatic nitrogens is 2. The maximum absolute atomic E-state index is 13.1. The molecule has 96 valence electrons. The second-order valence-electron chi connectivity index (χ2n) is 4.23. The normalized spacial score (nSPS) is 14.4. The minimum atomic E-state index is -0.522. The van der Waals surface area contributed by atoms with Crippen LogP contribution in [0.2, 0.25) is 0 Å². The molecule has 18 heavy (non-hydrogen) atoms. The molecule has 5 heteroatoms. The van der Waals surface area contributed by atoms with E-state index < -0.39 is 6.10 Å². The van der Waals surface area contributed by atoms with Crippen molar-refractivity contribution in [1.29, 1.82) is 0 Å². The van der Waals surface area contributed by atoms with E-state index in [0.29, 0.717) is 23.7 Å². The van der Waals surface area contributed by atoms with Gasteiger partial charge in [0.2, 0.25) is 11.7 Å². The van der Waals surface area contributed by atoms with E-state index in [-0.39, 0.29) is 11.7 Å². The smallest absolute Gasteiger partial charge is 0.232 e. The highest BCUT2D eigenvalue weighted by molar-refractivity contribution is 5.53. The number of benzene rings is 1. The zero-order valence-corrected chi connectivity index (χ0v) is 10.3. The molecular formula is C13H15FN2O2.